The number of hydrogen-bond donors (Lipinski definition) is 2. The Morgan fingerprint density at radius 3 is 2.95 bits per heavy atom. The first-order chi connectivity index (χ1) is 10.2. The van der Waals surface area contributed by atoms with E-state index in [9.17, 15) is 4.79 Å². The molecule has 0 aliphatic carbocycles. The van der Waals surface area contributed by atoms with Crippen LogP contribution in [0.2, 0.25) is 5.02 Å². The maximum Gasteiger partial charge on any atom is 0.413 e. The summed E-state index contributed by atoms with van der Waals surface area (Å²) >= 11 is 5.82. The number of guanidine groups is 1. The first-order valence-electron chi connectivity index (χ1n) is 6.74. The van der Waals surface area contributed by atoms with E-state index in [2.05, 4.69) is 15.6 Å². The number of amides is 1. The van der Waals surface area contributed by atoms with Gasteiger partial charge in [0.05, 0.1) is 32.4 Å². The van der Waals surface area contributed by atoms with Crippen LogP contribution in [-0.4, -0.2) is 37.9 Å². The summed E-state index contributed by atoms with van der Waals surface area (Å²) in [5.41, 5.74) is 1.06. The van der Waals surface area contributed by atoms with E-state index >= 15 is 0 Å². The van der Waals surface area contributed by atoms with Crippen LogP contribution in [0.15, 0.2) is 29.3 Å². The molecule has 1 amide bonds. The molecule has 2 rings (SSSR count). The van der Waals surface area contributed by atoms with Crippen LogP contribution in [0.1, 0.15) is 12.5 Å². The van der Waals surface area contributed by atoms with Gasteiger partial charge in [0.25, 0.3) is 0 Å². The van der Waals surface area contributed by atoms with Gasteiger partial charge in [0, 0.05) is 5.02 Å². The van der Waals surface area contributed by atoms with Gasteiger partial charge < -0.3 is 14.8 Å². The number of carbonyl (C=O) groups is 1. The number of carbonyl (C=O) groups excluding carboxylic acids is 1. The Morgan fingerprint density at radius 2 is 2.24 bits per heavy atom. The number of benzene rings is 1. The molecule has 1 heterocycles. The van der Waals surface area contributed by atoms with Gasteiger partial charge in [-0.15, -0.1) is 0 Å². The van der Waals surface area contributed by atoms with Gasteiger partial charge in [0.2, 0.25) is 5.96 Å². The van der Waals surface area contributed by atoms with E-state index in [4.69, 9.17) is 21.1 Å². The van der Waals surface area contributed by atoms with Crippen molar-refractivity contribution in [3.05, 3.63) is 34.9 Å². The maximum absolute atomic E-state index is 11.2. The minimum absolute atomic E-state index is 0.0502. The highest BCUT2D eigenvalue weighted by atomic mass is 35.5. The molecule has 0 radical (unpaired) electrons. The van der Waals surface area contributed by atoms with Crippen molar-refractivity contribution < 1.29 is 14.3 Å². The zero-order chi connectivity index (χ0) is 15.1. The molecule has 7 heteroatoms. The fraction of sp³-hybridized carbons (Fsp3) is 0.429. The van der Waals surface area contributed by atoms with Crippen LogP contribution in [0.25, 0.3) is 0 Å². The Balaban J connectivity index is 1.65. The lowest BCUT2D eigenvalue weighted by Crippen LogP contribution is -2.43. The highest BCUT2D eigenvalue weighted by Gasteiger charge is 2.19. The molecule has 21 heavy (non-hydrogen) atoms. The van der Waals surface area contributed by atoms with Crippen LogP contribution >= 0.6 is 11.6 Å². The predicted octanol–water partition coefficient (Wildman–Crippen LogP) is 1.93. The number of nitrogens with zero attached hydrogens (tertiary/aromatic N) is 1. The van der Waals surface area contributed by atoms with Crippen LogP contribution in [0, 0.1) is 0 Å². The smallest absolute Gasteiger partial charge is 0.413 e. The average molecular weight is 312 g/mol. The molecule has 0 saturated carbocycles. The van der Waals surface area contributed by atoms with Crippen molar-refractivity contribution in [2.75, 3.05) is 19.8 Å². The van der Waals surface area contributed by atoms with Gasteiger partial charge in [0.1, 0.15) is 0 Å². The largest absolute Gasteiger partial charge is 0.450 e. The van der Waals surface area contributed by atoms with Crippen molar-refractivity contribution in [2.24, 2.45) is 4.99 Å². The molecule has 0 bridgehead atoms. The monoisotopic (exact) mass is 311 g/mol. The summed E-state index contributed by atoms with van der Waals surface area (Å²) in [7, 11) is 0. The van der Waals surface area contributed by atoms with E-state index in [1.807, 2.05) is 24.3 Å². The van der Waals surface area contributed by atoms with Crippen molar-refractivity contribution in [1.82, 2.24) is 10.6 Å². The molecule has 1 aliphatic rings. The van der Waals surface area contributed by atoms with E-state index in [-0.39, 0.29) is 6.04 Å². The molecule has 6 nitrogen and oxygen atoms in total. The number of ether oxygens (including phenoxy) is 2. The summed E-state index contributed by atoms with van der Waals surface area (Å²) in [6.07, 6.45) is -0.508. The Morgan fingerprint density at radius 1 is 1.48 bits per heavy atom. The van der Waals surface area contributed by atoms with Crippen molar-refractivity contribution in [1.29, 1.82) is 0 Å². The number of halogens is 1. The van der Waals surface area contributed by atoms with Crippen LogP contribution in [0.4, 0.5) is 4.79 Å². The van der Waals surface area contributed by atoms with Crippen molar-refractivity contribution >= 4 is 23.7 Å². The van der Waals surface area contributed by atoms with Crippen LogP contribution in [-0.2, 0) is 16.1 Å². The molecule has 1 atom stereocenters. The summed E-state index contributed by atoms with van der Waals surface area (Å²) in [4.78, 5) is 15.4. The van der Waals surface area contributed by atoms with E-state index in [0.717, 1.165) is 5.56 Å². The maximum atomic E-state index is 11.2. The molecule has 0 aromatic heterocycles. The first-order valence-corrected chi connectivity index (χ1v) is 7.12. The molecular weight excluding hydrogens is 294 g/mol. The molecule has 1 aromatic rings. The zero-order valence-electron chi connectivity index (χ0n) is 11.8. The van der Waals surface area contributed by atoms with Gasteiger partial charge in [0.15, 0.2) is 0 Å². The van der Waals surface area contributed by atoms with E-state index in [1.165, 1.54) is 0 Å². The van der Waals surface area contributed by atoms with Crippen LogP contribution in [0.3, 0.4) is 0 Å². The van der Waals surface area contributed by atoms with Crippen LogP contribution < -0.4 is 10.6 Å². The van der Waals surface area contributed by atoms with Crippen molar-refractivity contribution in [2.45, 2.75) is 19.6 Å². The second kappa shape index (κ2) is 7.85. The van der Waals surface area contributed by atoms with E-state index in [0.29, 0.717) is 37.3 Å². The van der Waals surface area contributed by atoms with Gasteiger partial charge in [-0.05, 0) is 24.6 Å². The second-order valence-corrected chi connectivity index (χ2v) is 4.95. The number of nitrogens with one attached hydrogen (secondary N) is 2. The van der Waals surface area contributed by atoms with Crippen LogP contribution in [0.5, 0.6) is 0 Å². The third kappa shape index (κ3) is 5.24. The number of aliphatic imine (C=N–C) groups is 1. The molecular formula is C14H18ClN3O3. The molecule has 114 valence electrons. The molecule has 1 unspecified atom stereocenters. The first kappa shape index (κ1) is 15.6. The van der Waals surface area contributed by atoms with Gasteiger partial charge in [-0.1, -0.05) is 23.7 Å². The fourth-order valence-electron chi connectivity index (χ4n) is 1.82. The molecule has 1 aliphatic heterocycles. The van der Waals surface area contributed by atoms with Gasteiger partial charge in [-0.3, -0.25) is 10.3 Å². The Kier molecular flexibility index (Phi) is 5.83. The number of alkyl carbamates (subject to hydrolysis) is 1. The summed E-state index contributed by atoms with van der Waals surface area (Å²) in [6.45, 7) is 3.64. The molecule has 0 spiro atoms. The highest BCUT2D eigenvalue weighted by Crippen LogP contribution is 2.10. The third-order valence-electron chi connectivity index (χ3n) is 2.81. The minimum Gasteiger partial charge on any atom is -0.450 e. The zero-order valence-corrected chi connectivity index (χ0v) is 12.5. The lowest BCUT2D eigenvalue weighted by molar-refractivity contribution is 0.107. The summed E-state index contributed by atoms with van der Waals surface area (Å²) in [5.74, 6) is 0.425. The third-order valence-corrected chi connectivity index (χ3v) is 3.06. The summed E-state index contributed by atoms with van der Waals surface area (Å²) < 4.78 is 10.4. The molecule has 0 fully saturated rings. The number of rotatable bonds is 5. The Labute approximate surface area is 128 Å². The van der Waals surface area contributed by atoms with E-state index in [1.54, 1.807) is 6.92 Å². The average Bonchev–Trinajstić information content (AvgIpc) is 2.89. The standard InChI is InChI=1S/C14H18ClN3O3/c1-2-21-14(19)18-13-16-7-12(17-13)9-20-8-10-3-5-11(15)6-4-10/h3-6,12H,2,7-9H2,1H3,(H2,16,17,18,19). The Bertz CT molecular complexity index is 505. The summed E-state index contributed by atoms with van der Waals surface area (Å²) in [6, 6.07) is 7.56. The van der Waals surface area contributed by atoms with Gasteiger partial charge in [-0.25, -0.2) is 4.79 Å². The predicted molar refractivity (Wildman–Crippen MR) is 80.5 cm³/mol. The van der Waals surface area contributed by atoms with Gasteiger partial charge >= 0.3 is 6.09 Å². The topological polar surface area (TPSA) is 72.0 Å². The van der Waals surface area contributed by atoms with E-state index < -0.39 is 6.09 Å². The normalized spacial score (nSPS) is 17.0. The number of hydrogen-bond acceptors (Lipinski definition) is 5. The van der Waals surface area contributed by atoms with Crippen molar-refractivity contribution in [3.8, 4) is 0 Å². The lowest BCUT2D eigenvalue weighted by Gasteiger charge is -2.12. The molecule has 1 aromatic carbocycles. The summed E-state index contributed by atoms with van der Waals surface area (Å²) in [5, 5.41) is 6.31. The quantitative estimate of drug-likeness (QED) is 0.871. The van der Waals surface area contributed by atoms with Gasteiger partial charge in [-0.2, -0.15) is 0 Å². The second-order valence-electron chi connectivity index (χ2n) is 4.52. The highest BCUT2D eigenvalue weighted by molar-refractivity contribution is 6.30. The molecule has 0 saturated heterocycles. The minimum atomic E-state index is -0.508. The SMILES string of the molecule is CCOC(=O)NC1=NCC(COCc2ccc(Cl)cc2)N1. The Hall–Kier alpha value is -1.79. The lowest BCUT2D eigenvalue weighted by atomic mass is 10.2. The fourth-order valence-corrected chi connectivity index (χ4v) is 1.95. The van der Waals surface area contributed by atoms with Crippen molar-refractivity contribution in [3.63, 3.8) is 0 Å². The molecule has 2 N–H and O–H groups in total.